The lowest BCUT2D eigenvalue weighted by Crippen LogP contribution is -2.59. The summed E-state index contributed by atoms with van der Waals surface area (Å²) in [4.78, 5) is 32.1. The number of rotatable bonds is 7. The molecule has 0 bridgehead atoms. The molecule has 1 atom stereocenters. The van der Waals surface area contributed by atoms with E-state index in [0.717, 1.165) is 18.7 Å². The van der Waals surface area contributed by atoms with Crippen LogP contribution < -0.4 is 4.74 Å². The number of nitrogens with zero attached hydrogens (tertiary/aromatic N) is 5. The average molecular weight is 490 g/mol. The van der Waals surface area contributed by atoms with E-state index >= 15 is 0 Å². The van der Waals surface area contributed by atoms with Crippen molar-refractivity contribution in [1.82, 2.24) is 24.5 Å². The topological polar surface area (TPSA) is 80.1 Å². The van der Waals surface area contributed by atoms with Crippen molar-refractivity contribution in [2.75, 3.05) is 59.5 Å². The molecule has 9 nitrogen and oxygen atoms in total. The first kappa shape index (κ1) is 24.5. The summed E-state index contributed by atoms with van der Waals surface area (Å²) in [6.45, 7) is 6.34. The fraction of sp³-hybridized carbons (Fsp3) is 0.542. The molecule has 0 saturated carbocycles. The number of carbonyl (C=O) groups is 2. The lowest BCUT2D eigenvalue weighted by molar-refractivity contribution is -0.166. The van der Waals surface area contributed by atoms with Gasteiger partial charge in [-0.3, -0.25) is 14.3 Å². The van der Waals surface area contributed by atoms with Crippen LogP contribution in [0.4, 0.5) is 0 Å². The number of ether oxygens (including phenoxy) is 2. The Balaban J connectivity index is 1.49. The maximum atomic E-state index is 13.3. The molecule has 3 heterocycles. The molecule has 184 valence electrons. The molecule has 34 heavy (non-hydrogen) atoms. The van der Waals surface area contributed by atoms with E-state index in [2.05, 4.69) is 17.0 Å². The van der Waals surface area contributed by atoms with Crippen LogP contribution >= 0.6 is 11.6 Å². The molecule has 0 aliphatic carbocycles. The van der Waals surface area contributed by atoms with E-state index in [1.165, 1.54) is 0 Å². The molecule has 10 heteroatoms. The lowest BCUT2D eigenvalue weighted by atomic mass is 9.96. The van der Waals surface area contributed by atoms with E-state index < -0.39 is 5.60 Å². The highest BCUT2D eigenvalue weighted by Crippen LogP contribution is 2.27. The van der Waals surface area contributed by atoms with Crippen molar-refractivity contribution in [3.8, 4) is 5.75 Å². The van der Waals surface area contributed by atoms with Gasteiger partial charge >= 0.3 is 0 Å². The van der Waals surface area contributed by atoms with Crippen LogP contribution in [0, 0.1) is 6.92 Å². The summed E-state index contributed by atoms with van der Waals surface area (Å²) in [5.74, 6) is 0.605. The van der Waals surface area contributed by atoms with Crippen LogP contribution in [-0.4, -0.2) is 101 Å². The monoisotopic (exact) mass is 489 g/mol. The number of aromatic nitrogens is 2. The van der Waals surface area contributed by atoms with Crippen molar-refractivity contribution in [3.63, 3.8) is 0 Å². The van der Waals surface area contributed by atoms with E-state index in [1.807, 2.05) is 17.9 Å². The summed E-state index contributed by atoms with van der Waals surface area (Å²) >= 11 is 6.15. The van der Waals surface area contributed by atoms with Gasteiger partial charge in [-0.05, 0) is 43.8 Å². The van der Waals surface area contributed by atoms with Gasteiger partial charge in [0.25, 0.3) is 0 Å². The fourth-order valence-electron chi connectivity index (χ4n) is 4.30. The smallest absolute Gasteiger partial charge is 0.244 e. The first-order chi connectivity index (χ1) is 16.3. The summed E-state index contributed by atoms with van der Waals surface area (Å²) in [7, 11) is 2.05. The highest BCUT2D eigenvalue weighted by atomic mass is 35.5. The average Bonchev–Trinajstić information content (AvgIpc) is 3.33. The molecule has 0 radical (unpaired) electrons. The van der Waals surface area contributed by atoms with Crippen molar-refractivity contribution < 1.29 is 19.1 Å². The van der Waals surface area contributed by atoms with Gasteiger partial charge in [0.05, 0.1) is 19.6 Å². The Kier molecular flexibility index (Phi) is 7.75. The summed E-state index contributed by atoms with van der Waals surface area (Å²) in [6.07, 6.45) is 3.55. The fourth-order valence-corrected chi connectivity index (χ4v) is 4.42. The quantitative estimate of drug-likeness (QED) is 0.589. The number of piperazine rings is 1. The third-order valence-corrected chi connectivity index (χ3v) is 6.84. The van der Waals surface area contributed by atoms with Gasteiger partial charge in [0.1, 0.15) is 24.5 Å². The van der Waals surface area contributed by atoms with E-state index in [4.69, 9.17) is 21.1 Å². The number of halogens is 1. The Hall–Kier alpha value is -2.62. The molecule has 4 rings (SSSR count). The Morgan fingerprint density at radius 1 is 1.15 bits per heavy atom. The SMILES string of the molecule is Cc1cc(OC[C@]2(CC(=O)N3CCN(C)CC3)CN(C(=O)Cn3cccn3)CCO2)ccc1Cl. The van der Waals surface area contributed by atoms with Crippen LogP contribution in [0.3, 0.4) is 0 Å². The van der Waals surface area contributed by atoms with Gasteiger partial charge < -0.3 is 24.2 Å². The number of hydrogen-bond donors (Lipinski definition) is 0. The molecule has 2 aliphatic heterocycles. The van der Waals surface area contributed by atoms with Gasteiger partial charge in [-0.25, -0.2) is 0 Å². The van der Waals surface area contributed by atoms with Crippen LogP contribution in [-0.2, 0) is 20.9 Å². The summed E-state index contributed by atoms with van der Waals surface area (Å²) in [6, 6.07) is 7.24. The first-order valence-electron chi connectivity index (χ1n) is 11.6. The molecule has 2 aromatic rings. The Bertz CT molecular complexity index is 993. The predicted molar refractivity (Wildman–Crippen MR) is 128 cm³/mol. The number of carbonyl (C=O) groups excluding carboxylic acids is 2. The third-order valence-electron chi connectivity index (χ3n) is 6.42. The molecule has 2 aliphatic rings. The Labute approximate surface area is 205 Å². The zero-order valence-electron chi connectivity index (χ0n) is 19.8. The van der Waals surface area contributed by atoms with Crippen LogP contribution in [0.2, 0.25) is 5.02 Å². The third kappa shape index (κ3) is 6.08. The molecule has 2 amide bonds. The maximum absolute atomic E-state index is 13.3. The summed E-state index contributed by atoms with van der Waals surface area (Å²) in [5, 5.41) is 4.80. The number of aryl methyl sites for hydroxylation is 1. The number of morpholine rings is 1. The molecule has 2 fully saturated rings. The van der Waals surface area contributed by atoms with Gasteiger partial charge in [0.15, 0.2) is 0 Å². The van der Waals surface area contributed by atoms with Crippen molar-refractivity contribution in [2.24, 2.45) is 0 Å². The van der Waals surface area contributed by atoms with Crippen molar-refractivity contribution in [3.05, 3.63) is 47.2 Å². The predicted octanol–water partition coefficient (Wildman–Crippen LogP) is 1.69. The Morgan fingerprint density at radius 3 is 2.65 bits per heavy atom. The van der Waals surface area contributed by atoms with E-state index in [1.54, 1.807) is 40.2 Å². The van der Waals surface area contributed by atoms with Crippen LogP contribution in [0.25, 0.3) is 0 Å². The van der Waals surface area contributed by atoms with Crippen molar-refractivity contribution in [2.45, 2.75) is 25.5 Å². The second-order valence-electron chi connectivity index (χ2n) is 9.11. The Morgan fingerprint density at radius 2 is 1.94 bits per heavy atom. The minimum Gasteiger partial charge on any atom is -0.490 e. The lowest BCUT2D eigenvalue weighted by Gasteiger charge is -2.43. The van der Waals surface area contributed by atoms with Crippen molar-refractivity contribution in [1.29, 1.82) is 0 Å². The standard InChI is InChI=1S/C24H32ClN5O4/c1-19-14-20(4-5-21(19)25)33-18-24(15-22(31)28-10-8-27(2)9-11-28)17-29(12-13-34-24)23(32)16-30-7-3-6-26-30/h3-7,14H,8-13,15-18H2,1-2H3/t24-/m0/s1. The van der Waals surface area contributed by atoms with E-state index in [9.17, 15) is 9.59 Å². The number of amides is 2. The number of likely N-dealkylation sites (N-methyl/N-ethyl adjacent to an activating group) is 1. The molecular weight excluding hydrogens is 458 g/mol. The van der Waals surface area contributed by atoms with Gasteiger partial charge in [-0.2, -0.15) is 5.10 Å². The van der Waals surface area contributed by atoms with Crippen LogP contribution in [0.5, 0.6) is 5.75 Å². The second-order valence-corrected chi connectivity index (χ2v) is 9.52. The minimum absolute atomic E-state index is 0.0189. The first-order valence-corrected chi connectivity index (χ1v) is 12.0. The summed E-state index contributed by atoms with van der Waals surface area (Å²) in [5.41, 5.74) is -0.0336. The maximum Gasteiger partial charge on any atom is 0.244 e. The van der Waals surface area contributed by atoms with E-state index in [0.29, 0.717) is 37.0 Å². The number of hydrogen-bond acceptors (Lipinski definition) is 6. The zero-order valence-corrected chi connectivity index (χ0v) is 20.5. The molecular formula is C24H32ClN5O4. The van der Waals surface area contributed by atoms with Crippen molar-refractivity contribution >= 4 is 23.4 Å². The molecule has 2 saturated heterocycles. The van der Waals surface area contributed by atoms with Crippen LogP contribution in [0.1, 0.15) is 12.0 Å². The van der Waals surface area contributed by atoms with Gasteiger partial charge in [-0.1, -0.05) is 11.6 Å². The zero-order chi connectivity index (χ0) is 24.1. The number of benzene rings is 1. The van der Waals surface area contributed by atoms with E-state index in [-0.39, 0.29) is 37.9 Å². The van der Waals surface area contributed by atoms with Gasteiger partial charge in [0.2, 0.25) is 11.8 Å². The largest absolute Gasteiger partial charge is 0.490 e. The highest BCUT2D eigenvalue weighted by Gasteiger charge is 2.42. The van der Waals surface area contributed by atoms with Gasteiger partial charge in [-0.15, -0.1) is 0 Å². The van der Waals surface area contributed by atoms with Gasteiger partial charge in [0, 0.05) is 50.1 Å². The summed E-state index contributed by atoms with van der Waals surface area (Å²) < 4.78 is 13.9. The highest BCUT2D eigenvalue weighted by molar-refractivity contribution is 6.31. The normalized spacial score (nSPS) is 21.5. The molecule has 1 aromatic carbocycles. The molecule has 0 N–H and O–H groups in total. The molecule has 1 aromatic heterocycles. The van der Waals surface area contributed by atoms with Crippen LogP contribution in [0.15, 0.2) is 36.7 Å². The second kappa shape index (κ2) is 10.8. The minimum atomic E-state index is -0.938. The molecule has 0 spiro atoms. The molecule has 0 unspecified atom stereocenters.